The molecule has 1 amide bonds. The Morgan fingerprint density at radius 1 is 1.45 bits per heavy atom. The van der Waals surface area contributed by atoms with Crippen molar-refractivity contribution in [3.05, 3.63) is 31.0 Å². The van der Waals surface area contributed by atoms with Gasteiger partial charge in [0.2, 0.25) is 5.91 Å². The van der Waals surface area contributed by atoms with E-state index in [9.17, 15) is 4.79 Å². The Bertz CT molecular complexity index is 576. The van der Waals surface area contributed by atoms with Crippen LogP contribution in [0.15, 0.2) is 31.0 Å². The average molecular weight is 272 g/mol. The highest BCUT2D eigenvalue weighted by atomic mass is 16.2. The standard InChI is InChI=1S/C13H16N6O/c20-13(11-4-1-2-6-15-11)18-10-5-3-7-16-12(10)19-9-14-8-17-19/h3,5,7-9,11,15H,1-2,4,6H2,(H,18,20)/t11-/m1/s1. The SMILES string of the molecule is O=C(Nc1cccnc1-n1cncn1)[C@H]1CCCCN1. The Kier molecular flexibility index (Phi) is 3.69. The highest BCUT2D eigenvalue weighted by Gasteiger charge is 2.21. The molecule has 2 aromatic rings. The summed E-state index contributed by atoms with van der Waals surface area (Å²) in [6.45, 7) is 0.890. The predicted molar refractivity (Wildman–Crippen MR) is 73.4 cm³/mol. The van der Waals surface area contributed by atoms with E-state index in [0.717, 1.165) is 25.8 Å². The minimum atomic E-state index is -0.132. The minimum Gasteiger partial charge on any atom is -0.322 e. The molecule has 2 N–H and O–H groups in total. The molecule has 1 fully saturated rings. The van der Waals surface area contributed by atoms with Crippen molar-refractivity contribution in [2.24, 2.45) is 0 Å². The van der Waals surface area contributed by atoms with Crippen molar-refractivity contribution in [2.75, 3.05) is 11.9 Å². The van der Waals surface area contributed by atoms with Gasteiger partial charge in [0.1, 0.15) is 12.7 Å². The van der Waals surface area contributed by atoms with Crippen LogP contribution in [0.3, 0.4) is 0 Å². The summed E-state index contributed by atoms with van der Waals surface area (Å²) in [6, 6.07) is 3.46. The van der Waals surface area contributed by atoms with Gasteiger partial charge < -0.3 is 10.6 Å². The Balaban J connectivity index is 1.79. The summed E-state index contributed by atoms with van der Waals surface area (Å²) in [5.41, 5.74) is 0.635. The third kappa shape index (κ3) is 2.67. The smallest absolute Gasteiger partial charge is 0.241 e. The van der Waals surface area contributed by atoms with Gasteiger partial charge in [0.05, 0.1) is 11.7 Å². The van der Waals surface area contributed by atoms with Gasteiger partial charge >= 0.3 is 0 Å². The van der Waals surface area contributed by atoms with Gasteiger partial charge in [0.15, 0.2) is 5.82 Å². The van der Waals surface area contributed by atoms with Crippen LogP contribution < -0.4 is 10.6 Å². The van der Waals surface area contributed by atoms with Gasteiger partial charge in [-0.25, -0.2) is 14.6 Å². The van der Waals surface area contributed by atoms with Gasteiger partial charge in [-0.3, -0.25) is 4.79 Å². The molecule has 0 aliphatic carbocycles. The Labute approximate surface area is 116 Å². The molecular weight excluding hydrogens is 256 g/mol. The third-order valence-electron chi connectivity index (χ3n) is 3.31. The van der Waals surface area contributed by atoms with Crippen LogP contribution in [0.2, 0.25) is 0 Å². The van der Waals surface area contributed by atoms with Crippen LogP contribution in [0, 0.1) is 0 Å². The number of hydrogen-bond donors (Lipinski definition) is 2. The lowest BCUT2D eigenvalue weighted by molar-refractivity contribution is -0.118. The molecule has 104 valence electrons. The van der Waals surface area contributed by atoms with Crippen molar-refractivity contribution < 1.29 is 4.79 Å². The number of hydrogen-bond acceptors (Lipinski definition) is 5. The fourth-order valence-electron chi connectivity index (χ4n) is 2.29. The monoisotopic (exact) mass is 272 g/mol. The van der Waals surface area contributed by atoms with Gasteiger partial charge in [-0.1, -0.05) is 6.42 Å². The molecule has 1 saturated heterocycles. The van der Waals surface area contributed by atoms with Crippen LogP contribution in [0.5, 0.6) is 0 Å². The Morgan fingerprint density at radius 3 is 3.15 bits per heavy atom. The molecule has 2 aromatic heterocycles. The van der Waals surface area contributed by atoms with Crippen LogP contribution >= 0.6 is 0 Å². The highest BCUT2D eigenvalue weighted by molar-refractivity contribution is 5.96. The molecule has 0 radical (unpaired) electrons. The highest BCUT2D eigenvalue weighted by Crippen LogP contribution is 2.17. The number of anilines is 1. The summed E-state index contributed by atoms with van der Waals surface area (Å²) in [7, 11) is 0. The fourth-order valence-corrected chi connectivity index (χ4v) is 2.29. The molecule has 3 heterocycles. The van der Waals surface area contributed by atoms with Crippen LogP contribution in [-0.4, -0.2) is 38.2 Å². The number of rotatable bonds is 3. The van der Waals surface area contributed by atoms with Crippen molar-refractivity contribution in [1.82, 2.24) is 25.1 Å². The van der Waals surface area contributed by atoms with Crippen molar-refractivity contribution >= 4 is 11.6 Å². The molecule has 0 saturated carbocycles. The maximum atomic E-state index is 12.2. The number of carbonyl (C=O) groups excluding carboxylic acids is 1. The second-order valence-corrected chi connectivity index (χ2v) is 4.71. The molecule has 0 unspecified atom stereocenters. The van der Waals surface area contributed by atoms with Gasteiger partial charge in [-0.05, 0) is 31.5 Å². The number of amides is 1. The van der Waals surface area contributed by atoms with Crippen LogP contribution in [0.4, 0.5) is 5.69 Å². The molecule has 3 rings (SSSR count). The zero-order valence-corrected chi connectivity index (χ0v) is 11.0. The topological polar surface area (TPSA) is 84.7 Å². The van der Waals surface area contributed by atoms with E-state index in [-0.39, 0.29) is 11.9 Å². The number of nitrogens with one attached hydrogen (secondary N) is 2. The van der Waals surface area contributed by atoms with E-state index in [1.807, 2.05) is 6.07 Å². The van der Waals surface area contributed by atoms with Crippen molar-refractivity contribution in [1.29, 1.82) is 0 Å². The summed E-state index contributed by atoms with van der Waals surface area (Å²) in [6.07, 6.45) is 7.71. The summed E-state index contributed by atoms with van der Waals surface area (Å²) in [4.78, 5) is 20.4. The molecule has 20 heavy (non-hydrogen) atoms. The average Bonchev–Trinajstić information content (AvgIpc) is 3.03. The maximum Gasteiger partial charge on any atom is 0.241 e. The van der Waals surface area contributed by atoms with Gasteiger partial charge in [-0.2, -0.15) is 5.10 Å². The molecule has 0 bridgehead atoms. The number of pyridine rings is 1. The largest absolute Gasteiger partial charge is 0.322 e. The zero-order valence-electron chi connectivity index (χ0n) is 11.0. The first-order valence-electron chi connectivity index (χ1n) is 6.69. The lowest BCUT2D eigenvalue weighted by atomic mass is 10.0. The van der Waals surface area contributed by atoms with E-state index in [0.29, 0.717) is 11.5 Å². The van der Waals surface area contributed by atoms with E-state index >= 15 is 0 Å². The number of piperidine rings is 1. The molecular formula is C13H16N6O. The normalized spacial score (nSPS) is 18.7. The van der Waals surface area contributed by atoms with E-state index in [1.54, 1.807) is 18.6 Å². The number of nitrogens with zero attached hydrogens (tertiary/aromatic N) is 4. The Morgan fingerprint density at radius 2 is 2.40 bits per heavy atom. The van der Waals surface area contributed by atoms with Gasteiger partial charge in [-0.15, -0.1) is 0 Å². The first-order valence-corrected chi connectivity index (χ1v) is 6.69. The van der Waals surface area contributed by atoms with Crippen LogP contribution in [0.1, 0.15) is 19.3 Å². The quantitative estimate of drug-likeness (QED) is 0.861. The third-order valence-corrected chi connectivity index (χ3v) is 3.31. The second-order valence-electron chi connectivity index (χ2n) is 4.71. The molecule has 0 aromatic carbocycles. The molecule has 7 nitrogen and oxygen atoms in total. The number of aromatic nitrogens is 4. The maximum absolute atomic E-state index is 12.2. The zero-order chi connectivity index (χ0) is 13.8. The van der Waals surface area contributed by atoms with E-state index in [2.05, 4.69) is 25.7 Å². The van der Waals surface area contributed by atoms with E-state index in [4.69, 9.17) is 0 Å². The first-order chi connectivity index (χ1) is 9.84. The van der Waals surface area contributed by atoms with Crippen molar-refractivity contribution in [3.8, 4) is 5.82 Å². The Hall–Kier alpha value is -2.28. The lowest BCUT2D eigenvalue weighted by Crippen LogP contribution is -2.43. The van der Waals surface area contributed by atoms with Crippen LogP contribution in [0.25, 0.3) is 5.82 Å². The second kappa shape index (κ2) is 5.79. The molecule has 1 aliphatic rings. The van der Waals surface area contributed by atoms with Crippen LogP contribution in [-0.2, 0) is 4.79 Å². The molecule has 1 aliphatic heterocycles. The predicted octanol–water partition coefficient (Wildman–Crippen LogP) is 0.743. The fraction of sp³-hybridized carbons (Fsp3) is 0.385. The van der Waals surface area contributed by atoms with Crippen molar-refractivity contribution in [3.63, 3.8) is 0 Å². The molecule has 7 heteroatoms. The molecule has 1 atom stereocenters. The minimum absolute atomic E-state index is 0.0286. The molecule has 0 spiro atoms. The summed E-state index contributed by atoms with van der Waals surface area (Å²) >= 11 is 0. The van der Waals surface area contributed by atoms with E-state index < -0.39 is 0 Å². The summed E-state index contributed by atoms with van der Waals surface area (Å²) < 4.78 is 1.53. The lowest BCUT2D eigenvalue weighted by Gasteiger charge is -2.22. The van der Waals surface area contributed by atoms with E-state index in [1.165, 1.54) is 11.0 Å². The number of carbonyl (C=O) groups is 1. The van der Waals surface area contributed by atoms with Crippen molar-refractivity contribution in [2.45, 2.75) is 25.3 Å². The summed E-state index contributed by atoms with van der Waals surface area (Å²) in [5.74, 6) is 0.535. The van der Waals surface area contributed by atoms with Gasteiger partial charge in [0.25, 0.3) is 0 Å². The first kappa shape index (κ1) is 12.7. The van der Waals surface area contributed by atoms with Gasteiger partial charge in [0, 0.05) is 6.20 Å². The summed E-state index contributed by atoms with van der Waals surface area (Å²) in [5, 5.41) is 10.2.